The van der Waals surface area contributed by atoms with Gasteiger partial charge in [0.2, 0.25) is 5.89 Å². The molecule has 1 aliphatic rings. The van der Waals surface area contributed by atoms with Crippen LogP contribution >= 0.6 is 11.6 Å². The van der Waals surface area contributed by atoms with Gasteiger partial charge in [-0.05, 0) is 24.0 Å². The number of rotatable bonds is 3. The summed E-state index contributed by atoms with van der Waals surface area (Å²) in [5.41, 5.74) is 2.67. The molecule has 0 aliphatic heterocycles. The van der Waals surface area contributed by atoms with Gasteiger partial charge in [-0.25, -0.2) is 0 Å². The third-order valence-electron chi connectivity index (χ3n) is 3.25. The van der Waals surface area contributed by atoms with Gasteiger partial charge in [-0.1, -0.05) is 36.3 Å². The highest BCUT2D eigenvalue weighted by molar-refractivity contribution is 6.20. The van der Waals surface area contributed by atoms with Crippen molar-refractivity contribution in [1.82, 2.24) is 10.1 Å². The van der Waals surface area contributed by atoms with Crippen LogP contribution in [0.5, 0.6) is 0 Å². The van der Waals surface area contributed by atoms with E-state index in [2.05, 4.69) is 28.3 Å². The number of halogens is 1. The molecule has 88 valence electrons. The van der Waals surface area contributed by atoms with E-state index in [9.17, 15) is 0 Å². The van der Waals surface area contributed by atoms with E-state index in [1.54, 1.807) is 0 Å². The Bertz CT molecular complexity index is 538. The van der Waals surface area contributed by atoms with Crippen LogP contribution in [0.1, 0.15) is 47.5 Å². The van der Waals surface area contributed by atoms with Crippen LogP contribution in [0, 0.1) is 0 Å². The molecule has 3 nitrogen and oxygen atoms in total. The van der Waals surface area contributed by atoms with Crippen molar-refractivity contribution in [2.24, 2.45) is 0 Å². The fourth-order valence-electron chi connectivity index (χ4n) is 2.18. The van der Waals surface area contributed by atoms with E-state index in [0.717, 1.165) is 12.8 Å². The molecule has 2 atom stereocenters. The molecule has 4 heteroatoms. The molecule has 0 saturated heterocycles. The second-order valence-corrected chi connectivity index (χ2v) is 4.85. The molecule has 1 aliphatic carbocycles. The molecule has 0 spiro atoms. The molecule has 17 heavy (non-hydrogen) atoms. The number of hydrogen-bond acceptors (Lipinski definition) is 3. The van der Waals surface area contributed by atoms with Crippen LogP contribution in [0.25, 0.3) is 0 Å². The average molecular weight is 249 g/mol. The molecule has 2 aromatic rings. The molecule has 0 bridgehead atoms. The first-order valence-electron chi connectivity index (χ1n) is 5.85. The van der Waals surface area contributed by atoms with Gasteiger partial charge in [-0.15, -0.1) is 11.6 Å². The van der Waals surface area contributed by atoms with Crippen molar-refractivity contribution in [2.75, 3.05) is 0 Å². The highest BCUT2D eigenvalue weighted by Gasteiger charge is 2.32. The molecule has 0 amide bonds. The lowest BCUT2D eigenvalue weighted by molar-refractivity contribution is 0.351. The smallest absolute Gasteiger partial charge is 0.234 e. The Labute approximate surface area is 105 Å². The van der Waals surface area contributed by atoms with Crippen molar-refractivity contribution in [3.05, 3.63) is 47.1 Å². The standard InChI is InChI=1S/C13H13ClN2O/c1-2-11(14)12-15-13(17-16-12)10-7-8-5-3-4-6-9(8)10/h3-6,10-11H,2,7H2,1H3. The fourth-order valence-corrected chi connectivity index (χ4v) is 2.27. The summed E-state index contributed by atoms with van der Waals surface area (Å²) < 4.78 is 5.30. The van der Waals surface area contributed by atoms with Crippen molar-refractivity contribution in [1.29, 1.82) is 0 Å². The Morgan fingerprint density at radius 1 is 1.47 bits per heavy atom. The Morgan fingerprint density at radius 3 is 3.06 bits per heavy atom. The van der Waals surface area contributed by atoms with Crippen LogP contribution in [0.2, 0.25) is 0 Å². The summed E-state index contributed by atoms with van der Waals surface area (Å²) in [7, 11) is 0. The van der Waals surface area contributed by atoms with Crippen molar-refractivity contribution >= 4 is 11.6 Å². The van der Waals surface area contributed by atoms with Gasteiger partial charge in [0.25, 0.3) is 0 Å². The average Bonchev–Trinajstić information content (AvgIpc) is 2.79. The van der Waals surface area contributed by atoms with Gasteiger partial charge in [0.1, 0.15) is 0 Å². The summed E-state index contributed by atoms with van der Waals surface area (Å²) >= 11 is 6.09. The third kappa shape index (κ3) is 1.75. The van der Waals surface area contributed by atoms with Crippen molar-refractivity contribution in [3.8, 4) is 0 Å². The summed E-state index contributed by atoms with van der Waals surface area (Å²) in [6.07, 6.45) is 1.79. The van der Waals surface area contributed by atoms with Gasteiger partial charge in [-0.2, -0.15) is 4.98 Å². The highest BCUT2D eigenvalue weighted by Crippen LogP contribution is 2.39. The van der Waals surface area contributed by atoms with Crippen LogP contribution in [0.4, 0.5) is 0 Å². The Hall–Kier alpha value is -1.35. The predicted octanol–water partition coefficient (Wildman–Crippen LogP) is 3.45. The van der Waals surface area contributed by atoms with E-state index in [1.807, 2.05) is 13.0 Å². The molecule has 0 radical (unpaired) electrons. The summed E-state index contributed by atoms with van der Waals surface area (Å²) in [4.78, 5) is 4.39. The summed E-state index contributed by atoms with van der Waals surface area (Å²) in [6.45, 7) is 2.01. The van der Waals surface area contributed by atoms with E-state index in [1.165, 1.54) is 11.1 Å². The highest BCUT2D eigenvalue weighted by atomic mass is 35.5. The van der Waals surface area contributed by atoms with Crippen LogP contribution in [0.15, 0.2) is 28.8 Å². The maximum Gasteiger partial charge on any atom is 0.234 e. The number of nitrogens with zero attached hydrogens (tertiary/aromatic N) is 2. The number of fused-ring (bicyclic) bond motifs is 1. The molecule has 0 fully saturated rings. The summed E-state index contributed by atoms with van der Waals surface area (Å²) in [5, 5.41) is 3.79. The largest absolute Gasteiger partial charge is 0.339 e. The van der Waals surface area contributed by atoms with Gasteiger partial charge < -0.3 is 4.52 Å². The van der Waals surface area contributed by atoms with E-state index in [0.29, 0.717) is 11.7 Å². The van der Waals surface area contributed by atoms with E-state index < -0.39 is 0 Å². The first-order valence-corrected chi connectivity index (χ1v) is 6.28. The topological polar surface area (TPSA) is 38.9 Å². The van der Waals surface area contributed by atoms with E-state index >= 15 is 0 Å². The minimum absolute atomic E-state index is 0.150. The molecule has 1 heterocycles. The van der Waals surface area contributed by atoms with Crippen LogP contribution in [0.3, 0.4) is 0 Å². The number of alkyl halides is 1. The predicted molar refractivity (Wildman–Crippen MR) is 65.2 cm³/mol. The van der Waals surface area contributed by atoms with E-state index in [-0.39, 0.29) is 11.3 Å². The summed E-state index contributed by atoms with van der Waals surface area (Å²) in [5.74, 6) is 1.56. The Kier molecular flexibility index (Phi) is 2.63. The Morgan fingerprint density at radius 2 is 2.29 bits per heavy atom. The van der Waals surface area contributed by atoms with Gasteiger partial charge in [0, 0.05) is 0 Å². The van der Waals surface area contributed by atoms with Crippen LogP contribution in [-0.4, -0.2) is 10.1 Å². The van der Waals surface area contributed by atoms with E-state index in [4.69, 9.17) is 16.1 Å². The molecule has 2 unspecified atom stereocenters. The van der Waals surface area contributed by atoms with Gasteiger partial charge in [-0.3, -0.25) is 0 Å². The third-order valence-corrected chi connectivity index (χ3v) is 3.75. The zero-order chi connectivity index (χ0) is 11.8. The van der Waals surface area contributed by atoms with Crippen LogP contribution < -0.4 is 0 Å². The maximum absolute atomic E-state index is 6.09. The first-order chi connectivity index (χ1) is 8.29. The summed E-state index contributed by atoms with van der Waals surface area (Å²) in [6, 6.07) is 8.35. The zero-order valence-electron chi connectivity index (χ0n) is 9.56. The lowest BCUT2D eigenvalue weighted by atomic mass is 9.77. The van der Waals surface area contributed by atoms with Gasteiger partial charge in [0.15, 0.2) is 5.82 Å². The monoisotopic (exact) mass is 248 g/mol. The number of hydrogen-bond donors (Lipinski definition) is 0. The normalized spacial score (nSPS) is 19.5. The second kappa shape index (κ2) is 4.15. The van der Waals surface area contributed by atoms with Crippen molar-refractivity contribution in [2.45, 2.75) is 31.1 Å². The molecular weight excluding hydrogens is 236 g/mol. The fraction of sp³-hybridized carbons (Fsp3) is 0.385. The molecule has 0 saturated carbocycles. The number of aromatic nitrogens is 2. The Balaban J connectivity index is 1.86. The molecular formula is C13H13ClN2O. The quantitative estimate of drug-likeness (QED) is 0.781. The molecule has 0 N–H and O–H groups in total. The maximum atomic E-state index is 6.09. The zero-order valence-corrected chi connectivity index (χ0v) is 10.3. The van der Waals surface area contributed by atoms with Gasteiger partial charge >= 0.3 is 0 Å². The molecule has 1 aromatic carbocycles. The molecule has 1 aromatic heterocycles. The lowest BCUT2D eigenvalue weighted by Gasteiger charge is -2.26. The number of benzene rings is 1. The van der Waals surface area contributed by atoms with Crippen LogP contribution in [-0.2, 0) is 6.42 Å². The molecule has 3 rings (SSSR count). The SMILES string of the molecule is CCC(Cl)c1noc(C2Cc3ccccc32)n1. The minimum atomic E-state index is -0.150. The second-order valence-electron chi connectivity index (χ2n) is 4.32. The first kappa shape index (κ1) is 10.8. The lowest BCUT2D eigenvalue weighted by Crippen LogP contribution is -2.18. The van der Waals surface area contributed by atoms with Crippen molar-refractivity contribution in [3.63, 3.8) is 0 Å². The minimum Gasteiger partial charge on any atom is -0.339 e. The van der Waals surface area contributed by atoms with Gasteiger partial charge in [0.05, 0.1) is 11.3 Å². The van der Waals surface area contributed by atoms with Crippen molar-refractivity contribution < 1.29 is 4.52 Å².